The summed E-state index contributed by atoms with van der Waals surface area (Å²) < 4.78 is 40.7. The Morgan fingerprint density at radius 1 is 1.12 bits per heavy atom. The maximum absolute atomic E-state index is 13.1. The summed E-state index contributed by atoms with van der Waals surface area (Å²) >= 11 is 0. The zero-order valence-electron chi connectivity index (χ0n) is 18.1. The Balaban J connectivity index is 1.71. The van der Waals surface area contributed by atoms with Gasteiger partial charge in [0.25, 0.3) is 5.91 Å². The lowest BCUT2D eigenvalue weighted by molar-refractivity contribution is -0.137. The Morgan fingerprint density at radius 3 is 2.56 bits per heavy atom. The first-order valence-electron chi connectivity index (χ1n) is 10.3. The third-order valence-corrected chi connectivity index (χ3v) is 5.37. The van der Waals surface area contributed by atoms with E-state index in [2.05, 4.69) is 15.4 Å². The van der Waals surface area contributed by atoms with Gasteiger partial charge in [0.1, 0.15) is 5.56 Å². The molecule has 0 fully saturated rings. The largest absolute Gasteiger partial charge is 0.477 e. The molecule has 10 heteroatoms. The molecular formula is C24H19F3N4O3. The molecule has 4 aromatic rings. The average Bonchev–Trinajstić information content (AvgIpc) is 3.17. The number of aromatic carboxylic acids is 1. The number of alkyl halides is 3. The summed E-state index contributed by atoms with van der Waals surface area (Å²) in [6.45, 7) is 3.35. The number of rotatable bonds is 5. The smallest absolute Gasteiger partial charge is 0.416 e. The Labute approximate surface area is 191 Å². The fourth-order valence-electron chi connectivity index (χ4n) is 3.67. The molecule has 34 heavy (non-hydrogen) atoms. The van der Waals surface area contributed by atoms with Crippen molar-refractivity contribution in [1.82, 2.24) is 14.6 Å². The van der Waals surface area contributed by atoms with Crippen LogP contribution in [0.1, 0.15) is 44.5 Å². The first-order chi connectivity index (χ1) is 16.1. The molecule has 4 rings (SSSR count). The van der Waals surface area contributed by atoms with Crippen molar-refractivity contribution >= 4 is 23.2 Å². The summed E-state index contributed by atoms with van der Waals surface area (Å²) in [5.41, 5.74) is 1.51. The molecule has 174 valence electrons. The van der Waals surface area contributed by atoms with Crippen LogP contribution in [0.2, 0.25) is 0 Å². The lowest BCUT2D eigenvalue weighted by Gasteiger charge is -2.12. The SMILES string of the molecule is CCc1nn2c(-c3cccc(NC(=O)c4cc(C(F)(F)F)ccc4C)c3)ccnc2c1C(=O)O. The van der Waals surface area contributed by atoms with Crippen LogP contribution in [0.3, 0.4) is 0 Å². The standard InChI is InChI=1S/C24H19F3N4O3/c1-3-18-20(23(33)34)21-28-10-9-19(31(21)30-18)14-5-4-6-16(11-14)29-22(32)17-12-15(24(25,26)27)8-7-13(17)2/h4-12H,3H2,1-2H3,(H,29,32)(H,33,34). The van der Waals surface area contributed by atoms with Crippen LogP contribution in [-0.4, -0.2) is 31.6 Å². The maximum atomic E-state index is 13.1. The molecule has 0 aliphatic carbocycles. The van der Waals surface area contributed by atoms with Crippen LogP contribution in [0.5, 0.6) is 0 Å². The number of amides is 1. The summed E-state index contributed by atoms with van der Waals surface area (Å²) in [6, 6.07) is 11.3. The number of nitrogens with zero attached hydrogens (tertiary/aromatic N) is 3. The fraction of sp³-hybridized carbons (Fsp3) is 0.167. The quantitative estimate of drug-likeness (QED) is 0.418. The second kappa shape index (κ2) is 8.62. The minimum absolute atomic E-state index is 0.0221. The minimum Gasteiger partial charge on any atom is -0.477 e. The third kappa shape index (κ3) is 4.21. The van der Waals surface area contributed by atoms with E-state index in [1.54, 1.807) is 44.2 Å². The Kier molecular flexibility index (Phi) is 5.82. The third-order valence-electron chi connectivity index (χ3n) is 5.37. The number of carboxylic acids is 1. The maximum Gasteiger partial charge on any atom is 0.416 e. The van der Waals surface area contributed by atoms with E-state index in [9.17, 15) is 27.9 Å². The van der Waals surface area contributed by atoms with E-state index in [0.717, 1.165) is 12.1 Å². The van der Waals surface area contributed by atoms with Gasteiger partial charge in [0.05, 0.1) is 17.0 Å². The van der Waals surface area contributed by atoms with E-state index >= 15 is 0 Å². The van der Waals surface area contributed by atoms with Crippen molar-refractivity contribution in [1.29, 1.82) is 0 Å². The molecule has 0 saturated carbocycles. The monoisotopic (exact) mass is 468 g/mol. The predicted octanol–water partition coefficient (Wildman–Crippen LogP) is 5.24. The summed E-state index contributed by atoms with van der Waals surface area (Å²) in [6.07, 6.45) is -2.70. The molecular weight excluding hydrogens is 449 g/mol. The van der Waals surface area contributed by atoms with Gasteiger partial charge in [0.15, 0.2) is 5.65 Å². The highest BCUT2D eigenvalue weighted by Gasteiger charge is 2.31. The van der Waals surface area contributed by atoms with Gasteiger partial charge in [-0.2, -0.15) is 18.3 Å². The normalized spacial score (nSPS) is 11.6. The van der Waals surface area contributed by atoms with Crippen LogP contribution in [0.15, 0.2) is 54.7 Å². The topological polar surface area (TPSA) is 96.6 Å². The molecule has 0 spiro atoms. The number of carbonyl (C=O) groups is 2. The Bertz CT molecular complexity index is 1430. The number of hydrogen-bond acceptors (Lipinski definition) is 4. The average molecular weight is 468 g/mol. The van der Waals surface area contributed by atoms with E-state index in [-0.39, 0.29) is 16.8 Å². The van der Waals surface area contributed by atoms with Crippen LogP contribution < -0.4 is 5.32 Å². The number of halogens is 3. The number of fused-ring (bicyclic) bond motifs is 1. The number of anilines is 1. The number of nitrogens with one attached hydrogen (secondary N) is 1. The van der Waals surface area contributed by atoms with Gasteiger partial charge in [-0.25, -0.2) is 14.3 Å². The van der Waals surface area contributed by atoms with Gasteiger partial charge in [-0.3, -0.25) is 4.79 Å². The fourth-order valence-corrected chi connectivity index (χ4v) is 3.67. The highest BCUT2D eigenvalue weighted by atomic mass is 19.4. The van der Waals surface area contributed by atoms with Crippen molar-refractivity contribution in [3.05, 3.63) is 82.7 Å². The van der Waals surface area contributed by atoms with E-state index in [1.807, 2.05) is 0 Å². The van der Waals surface area contributed by atoms with Crippen LogP contribution in [0, 0.1) is 6.92 Å². The molecule has 0 radical (unpaired) electrons. The molecule has 0 unspecified atom stereocenters. The van der Waals surface area contributed by atoms with Crippen molar-refractivity contribution in [2.45, 2.75) is 26.4 Å². The molecule has 0 bridgehead atoms. The van der Waals surface area contributed by atoms with Gasteiger partial charge in [-0.05, 0) is 49.2 Å². The summed E-state index contributed by atoms with van der Waals surface area (Å²) in [7, 11) is 0. The predicted molar refractivity (Wildman–Crippen MR) is 119 cm³/mol. The van der Waals surface area contributed by atoms with Crippen LogP contribution in [0.4, 0.5) is 18.9 Å². The second-order valence-electron chi connectivity index (χ2n) is 7.61. The summed E-state index contributed by atoms with van der Waals surface area (Å²) in [5, 5.41) is 16.6. The lowest BCUT2D eigenvalue weighted by Crippen LogP contribution is -2.15. The van der Waals surface area contributed by atoms with Gasteiger partial charge in [0, 0.05) is 23.0 Å². The summed E-state index contributed by atoms with van der Waals surface area (Å²) in [5.74, 6) is -1.81. The van der Waals surface area contributed by atoms with Crippen LogP contribution in [0.25, 0.3) is 16.9 Å². The number of aromatic nitrogens is 3. The van der Waals surface area contributed by atoms with Crippen molar-refractivity contribution < 1.29 is 27.9 Å². The molecule has 2 heterocycles. The van der Waals surface area contributed by atoms with E-state index in [1.165, 1.54) is 16.8 Å². The summed E-state index contributed by atoms with van der Waals surface area (Å²) in [4.78, 5) is 28.6. The van der Waals surface area contributed by atoms with E-state index in [0.29, 0.717) is 34.6 Å². The van der Waals surface area contributed by atoms with Crippen molar-refractivity contribution in [2.24, 2.45) is 0 Å². The molecule has 7 nitrogen and oxygen atoms in total. The van der Waals surface area contributed by atoms with Gasteiger partial charge in [-0.15, -0.1) is 0 Å². The van der Waals surface area contributed by atoms with Crippen molar-refractivity contribution in [2.75, 3.05) is 5.32 Å². The van der Waals surface area contributed by atoms with E-state index < -0.39 is 23.6 Å². The lowest BCUT2D eigenvalue weighted by atomic mass is 10.0. The number of carboxylic acid groups (broad SMARTS) is 1. The van der Waals surface area contributed by atoms with Gasteiger partial charge < -0.3 is 10.4 Å². The molecule has 0 aliphatic rings. The minimum atomic E-state index is -4.56. The molecule has 0 atom stereocenters. The highest BCUT2D eigenvalue weighted by molar-refractivity contribution is 6.05. The van der Waals surface area contributed by atoms with E-state index in [4.69, 9.17) is 0 Å². The second-order valence-corrected chi connectivity index (χ2v) is 7.61. The molecule has 2 N–H and O–H groups in total. The first-order valence-corrected chi connectivity index (χ1v) is 10.3. The number of carbonyl (C=O) groups excluding carboxylic acids is 1. The van der Waals surface area contributed by atoms with Gasteiger partial charge in [0.2, 0.25) is 0 Å². The Hall–Kier alpha value is -4.21. The Morgan fingerprint density at radius 2 is 1.88 bits per heavy atom. The molecule has 2 aromatic carbocycles. The number of benzene rings is 2. The van der Waals surface area contributed by atoms with Crippen molar-refractivity contribution in [3.8, 4) is 11.3 Å². The molecule has 0 aliphatic heterocycles. The first kappa shape index (κ1) is 23.0. The molecule has 0 saturated heterocycles. The number of hydrogen-bond donors (Lipinski definition) is 2. The zero-order valence-corrected chi connectivity index (χ0v) is 18.1. The van der Waals surface area contributed by atoms with Crippen molar-refractivity contribution in [3.63, 3.8) is 0 Å². The number of aryl methyl sites for hydroxylation is 2. The molecule has 2 aromatic heterocycles. The van der Waals surface area contributed by atoms with Crippen LogP contribution in [-0.2, 0) is 12.6 Å². The van der Waals surface area contributed by atoms with Crippen LogP contribution >= 0.6 is 0 Å². The highest BCUT2D eigenvalue weighted by Crippen LogP contribution is 2.31. The van der Waals surface area contributed by atoms with Gasteiger partial charge >= 0.3 is 12.1 Å². The zero-order chi connectivity index (χ0) is 24.6. The van der Waals surface area contributed by atoms with Gasteiger partial charge in [-0.1, -0.05) is 25.1 Å². The molecule has 1 amide bonds.